The fourth-order valence-electron chi connectivity index (χ4n) is 1.80. The minimum absolute atomic E-state index is 0.425. The summed E-state index contributed by atoms with van der Waals surface area (Å²) in [6.07, 6.45) is 0. The van der Waals surface area contributed by atoms with Crippen LogP contribution in [0, 0.1) is 0 Å². The Labute approximate surface area is 127 Å². The number of nitrogens with one attached hydrogen (secondary N) is 2. The van der Waals surface area contributed by atoms with E-state index < -0.39 is 29.9 Å². The summed E-state index contributed by atoms with van der Waals surface area (Å²) >= 11 is 0. The van der Waals surface area contributed by atoms with Crippen LogP contribution in [-0.4, -0.2) is 40.1 Å². The van der Waals surface area contributed by atoms with Crippen LogP contribution in [0.5, 0.6) is 11.5 Å². The van der Waals surface area contributed by atoms with Gasteiger partial charge in [-0.2, -0.15) is 0 Å². The molecule has 2 amide bonds. The van der Waals surface area contributed by atoms with Crippen molar-refractivity contribution < 1.29 is 29.3 Å². The molecule has 22 heavy (non-hydrogen) atoms. The molecule has 0 saturated heterocycles. The molecule has 1 heterocycles. The van der Waals surface area contributed by atoms with Crippen molar-refractivity contribution in [3.8, 4) is 11.5 Å². The summed E-state index contributed by atoms with van der Waals surface area (Å²) in [6, 6.07) is 4.24. The van der Waals surface area contributed by atoms with E-state index in [4.69, 9.17) is 14.6 Å². The maximum Gasteiger partial charge on any atom is 0.337 e. The van der Waals surface area contributed by atoms with Crippen LogP contribution in [0.4, 0.5) is 10.5 Å². The molecule has 0 aromatic heterocycles. The fraction of sp³-hybridized carbons (Fsp3) is 0.429. The van der Waals surface area contributed by atoms with Crippen molar-refractivity contribution in [3.05, 3.63) is 18.2 Å². The monoisotopic (exact) mass is 310 g/mol. The second-order valence-corrected chi connectivity index (χ2v) is 5.65. The molecule has 0 aliphatic carbocycles. The van der Waals surface area contributed by atoms with E-state index in [9.17, 15) is 14.7 Å². The van der Waals surface area contributed by atoms with Crippen LogP contribution in [0.1, 0.15) is 20.8 Å². The van der Waals surface area contributed by atoms with Crippen molar-refractivity contribution in [1.82, 2.24) is 5.32 Å². The number of hydrogen-bond donors (Lipinski definition) is 4. The summed E-state index contributed by atoms with van der Waals surface area (Å²) in [7, 11) is 0. The number of aliphatic carboxylic acids is 1. The highest BCUT2D eigenvalue weighted by Gasteiger charge is 2.32. The zero-order valence-corrected chi connectivity index (χ0v) is 12.5. The first-order valence-electron chi connectivity index (χ1n) is 6.62. The second-order valence-electron chi connectivity index (χ2n) is 5.65. The van der Waals surface area contributed by atoms with Crippen LogP contribution < -0.4 is 20.1 Å². The molecular formula is C14H18N2O6. The van der Waals surface area contributed by atoms with Crippen LogP contribution in [0.25, 0.3) is 0 Å². The van der Waals surface area contributed by atoms with Gasteiger partial charge in [-0.3, -0.25) is 0 Å². The van der Waals surface area contributed by atoms with Gasteiger partial charge in [0.05, 0.1) is 6.54 Å². The quantitative estimate of drug-likeness (QED) is 0.663. The van der Waals surface area contributed by atoms with Crippen molar-refractivity contribution in [2.75, 3.05) is 11.9 Å². The second kappa shape index (κ2) is 5.38. The van der Waals surface area contributed by atoms with Crippen molar-refractivity contribution in [2.45, 2.75) is 32.2 Å². The fourth-order valence-corrected chi connectivity index (χ4v) is 1.80. The third kappa shape index (κ3) is 3.59. The van der Waals surface area contributed by atoms with Gasteiger partial charge in [-0.05, 0) is 19.1 Å². The molecule has 8 heteroatoms. The van der Waals surface area contributed by atoms with Crippen LogP contribution >= 0.6 is 0 Å². The van der Waals surface area contributed by atoms with Crippen molar-refractivity contribution in [2.24, 2.45) is 0 Å². The van der Waals surface area contributed by atoms with Gasteiger partial charge in [-0.25, -0.2) is 9.59 Å². The Bertz CT molecular complexity index is 611. The number of carboxylic acid groups (broad SMARTS) is 1. The van der Waals surface area contributed by atoms with Gasteiger partial charge < -0.3 is 30.3 Å². The minimum atomic E-state index is -2.03. The van der Waals surface area contributed by atoms with Crippen molar-refractivity contribution >= 4 is 17.7 Å². The smallest absolute Gasteiger partial charge is 0.337 e. The topological polar surface area (TPSA) is 117 Å². The first-order valence-corrected chi connectivity index (χ1v) is 6.62. The average molecular weight is 310 g/mol. The standard InChI is InChI=1S/C14H18N2O6/c1-13(2)21-9-5-4-8(6-10(9)22-13)16-12(19)15-7-14(3,20)11(17)18/h4-6,20H,7H2,1-3H3,(H,17,18)(H2,15,16,19). The van der Waals surface area contributed by atoms with Gasteiger partial charge in [0.15, 0.2) is 17.1 Å². The SMILES string of the molecule is CC1(C)Oc2ccc(NC(=O)NCC(C)(O)C(=O)O)cc2O1. The van der Waals surface area contributed by atoms with Gasteiger partial charge >= 0.3 is 12.0 Å². The lowest BCUT2D eigenvalue weighted by Crippen LogP contribution is -2.47. The van der Waals surface area contributed by atoms with Crippen molar-refractivity contribution in [3.63, 3.8) is 0 Å². The molecule has 1 aromatic carbocycles. The maximum absolute atomic E-state index is 11.7. The van der Waals surface area contributed by atoms with E-state index in [0.29, 0.717) is 17.2 Å². The number of rotatable bonds is 4. The molecule has 1 aliphatic heterocycles. The molecule has 2 rings (SSSR count). The highest BCUT2D eigenvalue weighted by atomic mass is 16.7. The van der Waals surface area contributed by atoms with Crippen LogP contribution in [0.2, 0.25) is 0 Å². The normalized spacial score (nSPS) is 17.5. The van der Waals surface area contributed by atoms with E-state index in [0.717, 1.165) is 6.92 Å². The van der Waals surface area contributed by atoms with E-state index in [2.05, 4.69) is 10.6 Å². The van der Waals surface area contributed by atoms with E-state index in [1.54, 1.807) is 32.0 Å². The van der Waals surface area contributed by atoms with Gasteiger partial charge in [0.1, 0.15) is 0 Å². The Morgan fingerprint density at radius 2 is 1.91 bits per heavy atom. The van der Waals surface area contributed by atoms with Gasteiger partial charge in [0.2, 0.25) is 5.79 Å². The Kier molecular flexibility index (Phi) is 3.89. The summed E-state index contributed by atoms with van der Waals surface area (Å²) in [4.78, 5) is 22.4. The Balaban J connectivity index is 1.95. The molecule has 0 radical (unpaired) electrons. The number of ether oxygens (including phenoxy) is 2. The Morgan fingerprint density at radius 3 is 2.55 bits per heavy atom. The third-order valence-corrected chi connectivity index (χ3v) is 2.97. The Morgan fingerprint density at radius 1 is 1.27 bits per heavy atom. The van der Waals surface area contributed by atoms with E-state index in [1.807, 2.05) is 0 Å². The average Bonchev–Trinajstić information content (AvgIpc) is 2.69. The molecule has 120 valence electrons. The predicted molar refractivity (Wildman–Crippen MR) is 77.1 cm³/mol. The van der Waals surface area contributed by atoms with Gasteiger partial charge in [0, 0.05) is 25.6 Å². The van der Waals surface area contributed by atoms with Crippen LogP contribution in [0.3, 0.4) is 0 Å². The molecular weight excluding hydrogens is 292 g/mol. The molecule has 4 N–H and O–H groups in total. The zero-order chi connectivity index (χ0) is 16.5. The predicted octanol–water partition coefficient (Wildman–Crippen LogP) is 1.15. The molecule has 1 aromatic rings. The number of fused-ring (bicyclic) bond motifs is 1. The summed E-state index contributed by atoms with van der Waals surface area (Å²) < 4.78 is 11.1. The lowest BCUT2D eigenvalue weighted by atomic mass is 10.1. The number of hydrogen-bond acceptors (Lipinski definition) is 5. The lowest BCUT2D eigenvalue weighted by Gasteiger charge is -2.18. The molecule has 0 spiro atoms. The van der Waals surface area contributed by atoms with Crippen LogP contribution in [0.15, 0.2) is 18.2 Å². The van der Waals surface area contributed by atoms with Gasteiger partial charge in [0.25, 0.3) is 0 Å². The number of aliphatic hydroxyl groups is 1. The minimum Gasteiger partial charge on any atom is -0.479 e. The number of carboxylic acids is 1. The molecule has 1 atom stereocenters. The van der Waals surface area contributed by atoms with E-state index in [1.165, 1.54) is 0 Å². The number of benzene rings is 1. The molecule has 0 saturated carbocycles. The summed E-state index contributed by atoms with van der Waals surface area (Å²) in [5, 5.41) is 23.1. The number of amides is 2. The van der Waals surface area contributed by atoms with Crippen LogP contribution in [-0.2, 0) is 4.79 Å². The summed E-state index contributed by atoms with van der Waals surface area (Å²) in [5.74, 6) is -1.10. The first-order chi connectivity index (χ1) is 10.1. The summed E-state index contributed by atoms with van der Waals surface area (Å²) in [6.45, 7) is 4.20. The molecule has 0 bridgehead atoms. The lowest BCUT2D eigenvalue weighted by molar-refractivity contribution is -0.155. The number of urea groups is 1. The van der Waals surface area contributed by atoms with Gasteiger partial charge in [-0.1, -0.05) is 0 Å². The maximum atomic E-state index is 11.7. The largest absolute Gasteiger partial charge is 0.479 e. The first kappa shape index (κ1) is 15.9. The highest BCUT2D eigenvalue weighted by molar-refractivity contribution is 5.90. The number of carbonyl (C=O) groups excluding carboxylic acids is 1. The highest BCUT2D eigenvalue weighted by Crippen LogP contribution is 2.40. The molecule has 1 aliphatic rings. The molecule has 8 nitrogen and oxygen atoms in total. The number of carbonyl (C=O) groups is 2. The Hall–Kier alpha value is -2.48. The summed E-state index contributed by atoms with van der Waals surface area (Å²) in [5.41, 5.74) is -1.58. The molecule has 1 unspecified atom stereocenters. The van der Waals surface area contributed by atoms with Gasteiger partial charge in [-0.15, -0.1) is 0 Å². The third-order valence-electron chi connectivity index (χ3n) is 2.97. The van der Waals surface area contributed by atoms with Crippen molar-refractivity contribution in [1.29, 1.82) is 0 Å². The number of anilines is 1. The molecule has 0 fully saturated rings. The van der Waals surface area contributed by atoms with E-state index >= 15 is 0 Å². The zero-order valence-electron chi connectivity index (χ0n) is 12.5. The van der Waals surface area contributed by atoms with E-state index in [-0.39, 0.29) is 0 Å².